The van der Waals surface area contributed by atoms with Crippen molar-refractivity contribution in [3.8, 4) is 0 Å². The van der Waals surface area contributed by atoms with E-state index in [1.807, 2.05) is 18.4 Å². The van der Waals surface area contributed by atoms with Gasteiger partial charge in [0.1, 0.15) is 5.01 Å². The molecule has 1 atom stereocenters. The zero-order valence-electron chi connectivity index (χ0n) is 12.2. The number of likely N-dealkylation sites (tertiary alicyclic amines) is 1. The highest BCUT2D eigenvalue weighted by Crippen LogP contribution is 2.23. The quantitative estimate of drug-likeness (QED) is 0.869. The van der Waals surface area contributed by atoms with Gasteiger partial charge in [-0.25, -0.2) is 4.98 Å². The second-order valence-electron chi connectivity index (χ2n) is 5.42. The van der Waals surface area contributed by atoms with Crippen LogP contribution in [0.1, 0.15) is 35.3 Å². The molecule has 0 saturated carbocycles. The number of nitrogens with zero attached hydrogens (tertiary/aromatic N) is 2. The van der Waals surface area contributed by atoms with Crippen molar-refractivity contribution < 1.29 is 4.74 Å². The largest absolute Gasteiger partial charge is 0.378 e. The van der Waals surface area contributed by atoms with Crippen molar-refractivity contribution in [3.63, 3.8) is 0 Å². The summed E-state index contributed by atoms with van der Waals surface area (Å²) in [6, 6.07) is 0. The Balaban J connectivity index is 2.00. The average Bonchev–Trinajstić information content (AvgIpc) is 2.72. The molecule has 1 aromatic rings. The van der Waals surface area contributed by atoms with Crippen molar-refractivity contribution in [2.75, 3.05) is 27.2 Å². The van der Waals surface area contributed by atoms with Crippen LogP contribution in [-0.2, 0) is 24.4 Å². The van der Waals surface area contributed by atoms with Crippen LogP contribution >= 0.6 is 11.3 Å². The molecule has 1 saturated heterocycles. The normalized spacial score (nSPS) is 20.9. The first kappa shape index (κ1) is 14.9. The van der Waals surface area contributed by atoms with Crippen molar-refractivity contribution in [2.24, 2.45) is 5.92 Å². The summed E-state index contributed by atoms with van der Waals surface area (Å²) in [7, 11) is 3.71. The zero-order chi connectivity index (χ0) is 13.7. The molecule has 0 aliphatic carbocycles. The van der Waals surface area contributed by atoms with Gasteiger partial charge in [-0.3, -0.25) is 4.90 Å². The van der Waals surface area contributed by atoms with Gasteiger partial charge >= 0.3 is 0 Å². The third-order valence-corrected chi connectivity index (χ3v) is 4.62. The highest BCUT2D eigenvalue weighted by Gasteiger charge is 2.18. The molecule has 19 heavy (non-hydrogen) atoms. The van der Waals surface area contributed by atoms with Gasteiger partial charge < -0.3 is 10.1 Å². The monoisotopic (exact) mass is 283 g/mol. The summed E-state index contributed by atoms with van der Waals surface area (Å²) >= 11 is 1.82. The van der Waals surface area contributed by atoms with Crippen LogP contribution in [0.2, 0.25) is 0 Å². The Labute approximate surface area is 120 Å². The van der Waals surface area contributed by atoms with E-state index in [0.29, 0.717) is 6.61 Å². The van der Waals surface area contributed by atoms with Crippen LogP contribution in [0.25, 0.3) is 0 Å². The van der Waals surface area contributed by atoms with E-state index in [1.54, 1.807) is 7.11 Å². The van der Waals surface area contributed by atoms with Gasteiger partial charge in [0.15, 0.2) is 0 Å². The Hall–Kier alpha value is -0.490. The lowest BCUT2D eigenvalue weighted by atomic mass is 10.0. The summed E-state index contributed by atoms with van der Waals surface area (Å²) in [5.41, 5.74) is 1.10. The molecule has 4 nitrogen and oxygen atoms in total. The summed E-state index contributed by atoms with van der Waals surface area (Å²) in [5, 5.41) is 4.44. The van der Waals surface area contributed by atoms with E-state index < -0.39 is 0 Å². The Morgan fingerprint density at radius 1 is 1.53 bits per heavy atom. The molecular weight excluding hydrogens is 258 g/mol. The topological polar surface area (TPSA) is 37.4 Å². The minimum Gasteiger partial charge on any atom is -0.378 e. The number of aromatic nitrogens is 1. The molecule has 0 amide bonds. The Morgan fingerprint density at radius 3 is 3.05 bits per heavy atom. The Kier molecular flexibility index (Phi) is 5.76. The van der Waals surface area contributed by atoms with Crippen LogP contribution in [0.5, 0.6) is 0 Å². The number of nitrogens with one attached hydrogen (secondary N) is 1. The van der Waals surface area contributed by atoms with Crippen LogP contribution in [0.15, 0.2) is 0 Å². The molecule has 1 unspecified atom stereocenters. The second-order valence-corrected chi connectivity index (χ2v) is 6.59. The smallest absolute Gasteiger partial charge is 0.107 e. The van der Waals surface area contributed by atoms with E-state index >= 15 is 0 Å². The maximum atomic E-state index is 5.24. The molecule has 0 radical (unpaired) electrons. The van der Waals surface area contributed by atoms with E-state index in [1.165, 1.54) is 35.8 Å². The van der Waals surface area contributed by atoms with Crippen molar-refractivity contribution in [1.29, 1.82) is 0 Å². The minimum atomic E-state index is 0.615. The molecule has 0 aromatic carbocycles. The van der Waals surface area contributed by atoms with Gasteiger partial charge in [-0.15, -0.1) is 11.3 Å². The average molecular weight is 283 g/mol. The molecule has 1 N–H and O–H groups in total. The fourth-order valence-corrected chi connectivity index (χ4v) is 3.80. The van der Waals surface area contributed by atoms with Crippen LogP contribution < -0.4 is 5.32 Å². The van der Waals surface area contributed by atoms with Gasteiger partial charge in [-0.05, 0) is 32.4 Å². The number of piperidine rings is 1. The van der Waals surface area contributed by atoms with E-state index in [2.05, 4.69) is 17.1 Å². The zero-order valence-corrected chi connectivity index (χ0v) is 13.1. The SMILES string of the molecule is CNCc1sc(CN2CCCC(C)C2)nc1COC. The minimum absolute atomic E-state index is 0.615. The molecule has 1 fully saturated rings. The number of rotatable bonds is 6. The van der Waals surface area contributed by atoms with Crippen molar-refractivity contribution >= 4 is 11.3 Å². The standard InChI is InChI=1S/C14H25N3OS/c1-11-5-4-6-17(8-11)9-14-16-12(10-18-3)13(19-14)7-15-2/h11,15H,4-10H2,1-3H3. The lowest BCUT2D eigenvalue weighted by molar-refractivity contribution is 0.173. The number of methoxy groups -OCH3 is 1. The van der Waals surface area contributed by atoms with E-state index in [-0.39, 0.29) is 0 Å². The molecule has 2 rings (SSSR count). The maximum absolute atomic E-state index is 5.24. The van der Waals surface area contributed by atoms with Crippen LogP contribution in [0.3, 0.4) is 0 Å². The van der Waals surface area contributed by atoms with Crippen LogP contribution in [0.4, 0.5) is 0 Å². The van der Waals surface area contributed by atoms with Crippen LogP contribution in [-0.4, -0.2) is 37.1 Å². The molecule has 0 spiro atoms. The first-order valence-corrected chi connectivity index (χ1v) is 7.88. The summed E-state index contributed by atoms with van der Waals surface area (Å²) < 4.78 is 5.24. The van der Waals surface area contributed by atoms with Gasteiger partial charge in [-0.1, -0.05) is 6.92 Å². The fourth-order valence-electron chi connectivity index (χ4n) is 2.67. The lowest BCUT2D eigenvalue weighted by Gasteiger charge is -2.29. The summed E-state index contributed by atoms with van der Waals surface area (Å²) in [6.07, 6.45) is 2.69. The molecule has 2 heterocycles. The van der Waals surface area contributed by atoms with Gasteiger partial charge in [0.25, 0.3) is 0 Å². The van der Waals surface area contributed by atoms with Crippen LogP contribution in [0, 0.1) is 5.92 Å². The maximum Gasteiger partial charge on any atom is 0.107 e. The van der Waals surface area contributed by atoms with Crippen molar-refractivity contribution in [2.45, 2.75) is 39.5 Å². The first-order chi connectivity index (χ1) is 9.22. The van der Waals surface area contributed by atoms with Gasteiger partial charge in [0.2, 0.25) is 0 Å². The molecule has 1 aromatic heterocycles. The number of hydrogen-bond acceptors (Lipinski definition) is 5. The predicted molar refractivity (Wildman–Crippen MR) is 79.3 cm³/mol. The number of hydrogen-bond donors (Lipinski definition) is 1. The number of ether oxygens (including phenoxy) is 1. The Morgan fingerprint density at radius 2 is 2.37 bits per heavy atom. The molecule has 1 aliphatic rings. The molecule has 0 bridgehead atoms. The highest BCUT2D eigenvalue weighted by atomic mass is 32.1. The van der Waals surface area contributed by atoms with Crippen molar-refractivity contribution in [1.82, 2.24) is 15.2 Å². The first-order valence-electron chi connectivity index (χ1n) is 7.06. The fraction of sp³-hybridized carbons (Fsp3) is 0.786. The molecule has 1 aliphatic heterocycles. The third kappa shape index (κ3) is 4.24. The van der Waals surface area contributed by atoms with Gasteiger partial charge in [0.05, 0.1) is 18.8 Å². The summed E-state index contributed by atoms with van der Waals surface area (Å²) in [5.74, 6) is 0.823. The predicted octanol–water partition coefficient (Wildman–Crippen LogP) is 2.24. The number of thiazole rings is 1. The lowest BCUT2D eigenvalue weighted by Crippen LogP contribution is -2.33. The van der Waals surface area contributed by atoms with Crippen molar-refractivity contribution in [3.05, 3.63) is 15.6 Å². The van der Waals surface area contributed by atoms with E-state index in [0.717, 1.165) is 24.7 Å². The Bertz CT molecular complexity index is 371. The summed E-state index contributed by atoms with van der Waals surface area (Å²) in [6.45, 7) is 7.26. The molecular formula is C14H25N3OS. The highest BCUT2D eigenvalue weighted by molar-refractivity contribution is 7.11. The van der Waals surface area contributed by atoms with E-state index in [9.17, 15) is 0 Å². The van der Waals surface area contributed by atoms with E-state index in [4.69, 9.17) is 9.72 Å². The van der Waals surface area contributed by atoms with Gasteiger partial charge in [0, 0.05) is 25.1 Å². The van der Waals surface area contributed by atoms with Gasteiger partial charge in [-0.2, -0.15) is 0 Å². The molecule has 108 valence electrons. The third-order valence-electron chi connectivity index (χ3n) is 3.54. The molecule has 5 heteroatoms. The second kappa shape index (κ2) is 7.33. The summed E-state index contributed by atoms with van der Waals surface area (Å²) in [4.78, 5) is 8.59.